The lowest BCUT2D eigenvalue weighted by molar-refractivity contribution is -0.0929. The number of aryl methyl sites for hydroxylation is 1. The molecule has 3 heterocycles. The molecule has 4 rings (SSSR count). The van der Waals surface area contributed by atoms with Gasteiger partial charge in [0, 0.05) is 17.0 Å². The topological polar surface area (TPSA) is 104 Å². The third-order valence-electron chi connectivity index (χ3n) is 5.12. The number of carbonyl (C=O) groups excluding carboxylic acids is 1. The summed E-state index contributed by atoms with van der Waals surface area (Å²) in [5.74, 6) is -2.84. The number of ether oxygens (including phenoxy) is 1. The molecule has 0 spiro atoms. The first-order valence-corrected chi connectivity index (χ1v) is 10.8. The molecule has 2 N–H and O–H groups in total. The third kappa shape index (κ3) is 4.83. The molecule has 2 atom stereocenters. The predicted molar refractivity (Wildman–Crippen MR) is 113 cm³/mol. The zero-order valence-corrected chi connectivity index (χ0v) is 17.7. The van der Waals surface area contributed by atoms with Gasteiger partial charge in [0.05, 0.1) is 10.9 Å². The van der Waals surface area contributed by atoms with Crippen LogP contribution in [-0.2, 0) is 17.1 Å². The van der Waals surface area contributed by atoms with Gasteiger partial charge in [-0.25, -0.2) is 9.89 Å². The van der Waals surface area contributed by atoms with Crippen molar-refractivity contribution < 1.29 is 23.4 Å². The molecule has 1 saturated heterocycles. The number of cyclic esters (lactones) is 1. The number of aliphatic hydroxyl groups excluding tert-OH is 1. The summed E-state index contributed by atoms with van der Waals surface area (Å²) in [5.41, 5.74) is -0.274. The van der Waals surface area contributed by atoms with Gasteiger partial charge < -0.3 is 9.84 Å². The van der Waals surface area contributed by atoms with Crippen molar-refractivity contribution in [2.45, 2.75) is 30.9 Å². The summed E-state index contributed by atoms with van der Waals surface area (Å²) in [5, 5.41) is 23.8. The fraction of sp³-hybridized carbons (Fsp3) is 0.333. The van der Waals surface area contributed by atoms with Crippen molar-refractivity contribution in [3.05, 3.63) is 65.1 Å². The lowest BCUT2D eigenvalue weighted by Gasteiger charge is -2.22. The number of thiophene rings is 1. The smallest absolute Gasteiger partial charge is 0.410 e. The summed E-state index contributed by atoms with van der Waals surface area (Å²) in [6.45, 7) is 0.455. The molecular weight excluding hydrogens is 440 g/mol. The fourth-order valence-corrected chi connectivity index (χ4v) is 4.38. The molecule has 1 fully saturated rings. The summed E-state index contributed by atoms with van der Waals surface area (Å²) in [6.07, 6.45) is 1.31. The van der Waals surface area contributed by atoms with E-state index in [1.807, 2.05) is 12.1 Å². The van der Waals surface area contributed by atoms with Crippen LogP contribution >= 0.6 is 11.3 Å². The highest BCUT2D eigenvalue weighted by Crippen LogP contribution is 2.32. The second kappa shape index (κ2) is 9.53. The molecule has 0 saturated carbocycles. The molecule has 1 aromatic carbocycles. The Morgan fingerprint density at radius 3 is 2.88 bits per heavy atom. The number of hydrogen-bond acceptors (Lipinski definition) is 7. The third-order valence-corrected chi connectivity index (χ3v) is 6.27. The van der Waals surface area contributed by atoms with E-state index in [2.05, 4.69) is 20.6 Å². The number of carbonyl (C=O) groups is 1. The maximum atomic E-state index is 14.5. The van der Waals surface area contributed by atoms with E-state index in [4.69, 9.17) is 4.74 Å². The van der Waals surface area contributed by atoms with Crippen molar-refractivity contribution in [3.63, 3.8) is 0 Å². The van der Waals surface area contributed by atoms with Crippen LogP contribution in [0, 0.1) is 0 Å². The number of hydrogen-bond donors (Lipinski definition) is 2. The Bertz CT molecular complexity index is 1060. The van der Waals surface area contributed by atoms with Gasteiger partial charge in [-0.05, 0) is 35.4 Å². The maximum absolute atomic E-state index is 14.5. The van der Waals surface area contributed by atoms with Crippen molar-refractivity contribution in [2.75, 3.05) is 13.2 Å². The highest BCUT2D eigenvalue weighted by atomic mass is 32.1. The molecule has 3 aromatic rings. The second-order valence-electron chi connectivity index (χ2n) is 7.28. The number of nitrogens with zero attached hydrogens (tertiary/aromatic N) is 4. The van der Waals surface area contributed by atoms with Gasteiger partial charge in [-0.3, -0.25) is 4.90 Å². The molecule has 11 heteroatoms. The van der Waals surface area contributed by atoms with E-state index in [0.29, 0.717) is 18.8 Å². The summed E-state index contributed by atoms with van der Waals surface area (Å²) in [7, 11) is 0. The Hall–Kier alpha value is -3.18. The highest BCUT2D eigenvalue weighted by molar-refractivity contribution is 7.15. The fourth-order valence-electron chi connectivity index (χ4n) is 3.39. The second-order valence-corrected chi connectivity index (χ2v) is 8.44. The van der Waals surface area contributed by atoms with Gasteiger partial charge in [0.15, 0.2) is 5.82 Å². The number of H-pyrrole nitrogens is 1. The lowest BCUT2D eigenvalue weighted by atomic mass is 10.0. The average molecular weight is 461 g/mol. The normalized spacial score (nSPS) is 17.8. The Balaban J connectivity index is 1.33. The van der Waals surface area contributed by atoms with Crippen LogP contribution in [0.4, 0.5) is 13.6 Å². The predicted octanol–water partition coefficient (Wildman–Crippen LogP) is 3.39. The van der Waals surface area contributed by atoms with E-state index in [0.717, 1.165) is 22.3 Å². The summed E-state index contributed by atoms with van der Waals surface area (Å²) >= 11 is 1.55. The Morgan fingerprint density at radius 2 is 2.12 bits per heavy atom. The van der Waals surface area contributed by atoms with Crippen molar-refractivity contribution in [1.82, 2.24) is 25.5 Å². The Kier molecular flexibility index (Phi) is 6.56. The lowest BCUT2D eigenvalue weighted by Crippen LogP contribution is -2.34. The SMILES string of the molecule is O=C1OCC(/C=C/C(O)C(F)(F)c2ccccc2)N1CCCc1ccc(-c2nnn[nH]2)s1. The molecule has 1 aliphatic rings. The van der Waals surface area contributed by atoms with Crippen molar-refractivity contribution in [2.24, 2.45) is 0 Å². The number of aromatic nitrogens is 4. The molecule has 2 unspecified atom stereocenters. The van der Waals surface area contributed by atoms with E-state index in [1.54, 1.807) is 17.4 Å². The van der Waals surface area contributed by atoms with Gasteiger partial charge in [0.1, 0.15) is 12.7 Å². The van der Waals surface area contributed by atoms with Gasteiger partial charge in [-0.1, -0.05) is 42.5 Å². The first-order valence-electron chi connectivity index (χ1n) is 10.0. The van der Waals surface area contributed by atoms with Crippen LogP contribution in [0.5, 0.6) is 0 Å². The molecule has 2 aromatic heterocycles. The quantitative estimate of drug-likeness (QED) is 0.474. The standard InChI is InChI=1S/C21H21F2N5O3S/c22-21(23,14-5-2-1-3-6-14)18(29)11-8-15-13-31-20(30)28(15)12-4-7-16-9-10-17(32-16)19-24-26-27-25-19/h1-3,5-6,8-11,15,18,29H,4,7,12-13H2,(H,24,25,26,27)/b11-8+. The number of tetrazole rings is 1. The Morgan fingerprint density at radius 1 is 1.31 bits per heavy atom. The van der Waals surface area contributed by atoms with E-state index < -0.39 is 24.2 Å². The zero-order chi connectivity index (χ0) is 22.6. The first-order chi connectivity index (χ1) is 15.4. The van der Waals surface area contributed by atoms with Crippen molar-refractivity contribution >= 4 is 17.4 Å². The van der Waals surface area contributed by atoms with Crippen LogP contribution in [0.25, 0.3) is 10.7 Å². The molecule has 32 heavy (non-hydrogen) atoms. The number of rotatable bonds is 9. The molecule has 0 radical (unpaired) electrons. The van der Waals surface area contributed by atoms with E-state index in [-0.39, 0.29) is 12.2 Å². The number of aromatic amines is 1. The van der Waals surface area contributed by atoms with Gasteiger partial charge in [0.25, 0.3) is 0 Å². The van der Waals surface area contributed by atoms with E-state index >= 15 is 0 Å². The van der Waals surface area contributed by atoms with Crippen molar-refractivity contribution in [3.8, 4) is 10.7 Å². The molecule has 0 bridgehead atoms. The zero-order valence-electron chi connectivity index (χ0n) is 16.9. The molecule has 1 amide bonds. The number of nitrogens with one attached hydrogen (secondary N) is 1. The minimum Gasteiger partial charge on any atom is -0.447 e. The van der Waals surface area contributed by atoms with Gasteiger partial charge in [-0.15, -0.1) is 16.4 Å². The Labute approximate surface area is 186 Å². The van der Waals surface area contributed by atoms with E-state index in [9.17, 15) is 18.7 Å². The highest BCUT2D eigenvalue weighted by Gasteiger charge is 2.39. The van der Waals surface area contributed by atoms with E-state index in [1.165, 1.54) is 35.2 Å². The molecule has 0 aliphatic carbocycles. The largest absolute Gasteiger partial charge is 0.447 e. The van der Waals surface area contributed by atoms with Gasteiger partial charge in [0.2, 0.25) is 0 Å². The maximum Gasteiger partial charge on any atom is 0.410 e. The van der Waals surface area contributed by atoms with Crippen molar-refractivity contribution in [1.29, 1.82) is 0 Å². The summed E-state index contributed by atoms with van der Waals surface area (Å²) < 4.78 is 34.0. The molecule has 168 valence electrons. The number of benzene rings is 1. The van der Waals surface area contributed by atoms with Crippen LogP contribution < -0.4 is 0 Å². The number of halogens is 2. The van der Waals surface area contributed by atoms with Crippen LogP contribution in [0.2, 0.25) is 0 Å². The minimum absolute atomic E-state index is 0.0562. The van der Waals surface area contributed by atoms with Crippen LogP contribution in [0.1, 0.15) is 16.9 Å². The average Bonchev–Trinajstić information content (AvgIpc) is 3.55. The number of aliphatic hydroxyl groups is 1. The minimum atomic E-state index is -3.44. The summed E-state index contributed by atoms with van der Waals surface area (Å²) in [6, 6.07) is 10.5. The van der Waals surface area contributed by atoms with Gasteiger partial charge >= 0.3 is 12.0 Å². The van der Waals surface area contributed by atoms with Crippen LogP contribution in [0.15, 0.2) is 54.6 Å². The van der Waals surface area contributed by atoms with Crippen LogP contribution in [-0.4, -0.2) is 62.0 Å². The monoisotopic (exact) mass is 461 g/mol. The number of amides is 1. The van der Waals surface area contributed by atoms with Crippen LogP contribution in [0.3, 0.4) is 0 Å². The first kappa shape index (κ1) is 22.0. The molecule has 8 nitrogen and oxygen atoms in total. The molecular formula is C21H21F2N5O3S. The number of alkyl halides is 2. The summed E-state index contributed by atoms with van der Waals surface area (Å²) in [4.78, 5) is 15.6. The molecule has 1 aliphatic heterocycles. The van der Waals surface area contributed by atoms with Gasteiger partial charge in [-0.2, -0.15) is 8.78 Å².